The topological polar surface area (TPSA) is 47.1 Å². The zero-order chi connectivity index (χ0) is 12.6. The molecule has 2 N–H and O–H groups in total. The van der Waals surface area contributed by atoms with Gasteiger partial charge in [-0.05, 0) is 39.8 Å². The Labute approximate surface area is 108 Å². The second kappa shape index (κ2) is 4.59. The first-order valence-corrected chi connectivity index (χ1v) is 6.50. The SMILES string of the molecule is Cn1ncc(Cl)c1C(N)C(C)(C)N1CCCC1. The molecule has 1 saturated heterocycles. The standard InChI is InChI=1S/C12H21ClN4/c1-12(2,17-6-4-5-7-17)11(14)10-9(13)8-15-16(10)3/h8,11H,4-7,14H2,1-3H3. The fourth-order valence-corrected chi connectivity index (χ4v) is 2.88. The molecule has 0 aliphatic carbocycles. The highest BCUT2D eigenvalue weighted by molar-refractivity contribution is 6.31. The molecule has 0 saturated carbocycles. The molecule has 0 radical (unpaired) electrons. The third-order valence-corrected chi connectivity index (χ3v) is 4.21. The predicted octanol–water partition coefficient (Wildman–Crippen LogP) is 1.95. The van der Waals surface area contributed by atoms with Crippen LogP contribution in [-0.2, 0) is 7.05 Å². The molecule has 1 aromatic heterocycles. The van der Waals surface area contributed by atoms with E-state index in [1.54, 1.807) is 10.9 Å². The van der Waals surface area contributed by atoms with E-state index in [0.29, 0.717) is 5.02 Å². The summed E-state index contributed by atoms with van der Waals surface area (Å²) in [5, 5.41) is 4.82. The van der Waals surface area contributed by atoms with E-state index in [-0.39, 0.29) is 11.6 Å². The van der Waals surface area contributed by atoms with Gasteiger partial charge in [-0.1, -0.05) is 11.6 Å². The van der Waals surface area contributed by atoms with Crippen molar-refractivity contribution in [1.82, 2.24) is 14.7 Å². The quantitative estimate of drug-likeness (QED) is 0.899. The molecule has 1 aromatic rings. The zero-order valence-electron chi connectivity index (χ0n) is 10.8. The molecule has 96 valence electrons. The summed E-state index contributed by atoms with van der Waals surface area (Å²) in [6, 6.07) is -0.124. The lowest BCUT2D eigenvalue weighted by Gasteiger charge is -2.40. The van der Waals surface area contributed by atoms with E-state index in [9.17, 15) is 0 Å². The van der Waals surface area contributed by atoms with Gasteiger partial charge in [0.25, 0.3) is 0 Å². The molecule has 0 bridgehead atoms. The van der Waals surface area contributed by atoms with Crippen LogP contribution >= 0.6 is 11.6 Å². The minimum absolute atomic E-state index is 0.0894. The molecule has 4 nitrogen and oxygen atoms in total. The van der Waals surface area contributed by atoms with Crippen LogP contribution < -0.4 is 5.73 Å². The van der Waals surface area contributed by atoms with Crippen LogP contribution in [-0.4, -0.2) is 33.3 Å². The number of nitrogens with two attached hydrogens (primary N) is 1. The van der Waals surface area contributed by atoms with Crippen molar-refractivity contribution in [2.75, 3.05) is 13.1 Å². The van der Waals surface area contributed by atoms with E-state index in [0.717, 1.165) is 18.8 Å². The van der Waals surface area contributed by atoms with Gasteiger partial charge in [-0.2, -0.15) is 5.10 Å². The average molecular weight is 257 g/mol. The summed E-state index contributed by atoms with van der Waals surface area (Å²) < 4.78 is 1.78. The number of hydrogen-bond donors (Lipinski definition) is 1. The number of hydrogen-bond acceptors (Lipinski definition) is 3. The first kappa shape index (κ1) is 12.9. The van der Waals surface area contributed by atoms with E-state index in [4.69, 9.17) is 17.3 Å². The van der Waals surface area contributed by atoms with Crippen molar-refractivity contribution >= 4 is 11.6 Å². The van der Waals surface area contributed by atoms with Crippen LogP contribution in [0.1, 0.15) is 38.4 Å². The van der Waals surface area contributed by atoms with Gasteiger partial charge in [-0.25, -0.2) is 0 Å². The fourth-order valence-electron chi connectivity index (χ4n) is 2.59. The first-order valence-electron chi connectivity index (χ1n) is 6.12. The number of rotatable bonds is 3. The Morgan fingerprint density at radius 3 is 2.47 bits per heavy atom. The first-order chi connectivity index (χ1) is 7.94. The highest BCUT2D eigenvalue weighted by Gasteiger charge is 2.37. The maximum absolute atomic E-state index is 6.41. The fraction of sp³-hybridized carbons (Fsp3) is 0.750. The lowest BCUT2D eigenvalue weighted by molar-refractivity contribution is 0.121. The van der Waals surface area contributed by atoms with E-state index in [1.807, 2.05) is 7.05 Å². The number of nitrogens with zero attached hydrogens (tertiary/aromatic N) is 3. The monoisotopic (exact) mass is 256 g/mol. The lowest BCUT2D eigenvalue weighted by atomic mass is 9.91. The van der Waals surface area contributed by atoms with Crippen LogP contribution in [0.2, 0.25) is 5.02 Å². The van der Waals surface area contributed by atoms with Crippen molar-refractivity contribution in [3.63, 3.8) is 0 Å². The summed E-state index contributed by atoms with van der Waals surface area (Å²) in [5.74, 6) is 0. The molecule has 17 heavy (non-hydrogen) atoms. The summed E-state index contributed by atoms with van der Waals surface area (Å²) in [6.07, 6.45) is 4.18. The molecule has 0 aromatic carbocycles. The van der Waals surface area contributed by atoms with Crippen LogP contribution in [0, 0.1) is 0 Å². The Hall–Kier alpha value is -0.580. The Morgan fingerprint density at radius 2 is 2.00 bits per heavy atom. The van der Waals surface area contributed by atoms with E-state index in [1.165, 1.54) is 12.8 Å². The molecule has 1 atom stereocenters. The molecule has 0 amide bonds. The number of likely N-dealkylation sites (tertiary alicyclic amines) is 1. The molecule has 1 fully saturated rings. The molecule has 1 aliphatic rings. The molecule has 2 heterocycles. The third-order valence-electron chi connectivity index (χ3n) is 3.91. The maximum Gasteiger partial charge on any atom is 0.0834 e. The van der Waals surface area contributed by atoms with Crippen molar-refractivity contribution in [3.8, 4) is 0 Å². The summed E-state index contributed by atoms with van der Waals surface area (Å²) in [7, 11) is 1.89. The summed E-state index contributed by atoms with van der Waals surface area (Å²) >= 11 is 6.17. The molecule has 2 rings (SSSR count). The van der Waals surface area contributed by atoms with Gasteiger partial charge in [-0.3, -0.25) is 9.58 Å². The molecule has 1 aliphatic heterocycles. The van der Waals surface area contributed by atoms with Gasteiger partial charge < -0.3 is 5.73 Å². The maximum atomic E-state index is 6.41. The second-order valence-corrected chi connectivity index (χ2v) is 5.73. The highest BCUT2D eigenvalue weighted by atomic mass is 35.5. The van der Waals surface area contributed by atoms with E-state index < -0.39 is 0 Å². The minimum atomic E-state index is -0.124. The molecular formula is C12H21ClN4. The van der Waals surface area contributed by atoms with E-state index >= 15 is 0 Å². The second-order valence-electron chi connectivity index (χ2n) is 5.33. The van der Waals surface area contributed by atoms with Crippen LogP contribution in [0.15, 0.2) is 6.20 Å². The van der Waals surface area contributed by atoms with Gasteiger partial charge in [0.05, 0.1) is 23.0 Å². The number of aromatic nitrogens is 2. The normalized spacial score (nSPS) is 19.8. The van der Waals surface area contributed by atoms with E-state index in [2.05, 4.69) is 23.8 Å². The summed E-state index contributed by atoms with van der Waals surface area (Å²) in [5.41, 5.74) is 7.24. The van der Waals surface area contributed by atoms with Crippen molar-refractivity contribution in [1.29, 1.82) is 0 Å². The predicted molar refractivity (Wildman–Crippen MR) is 70.0 cm³/mol. The lowest BCUT2D eigenvalue weighted by Crippen LogP contribution is -2.50. The number of halogens is 1. The van der Waals surface area contributed by atoms with Gasteiger partial charge >= 0.3 is 0 Å². The summed E-state index contributed by atoms with van der Waals surface area (Å²) in [4.78, 5) is 2.45. The van der Waals surface area contributed by atoms with Crippen molar-refractivity contribution in [3.05, 3.63) is 16.9 Å². The zero-order valence-corrected chi connectivity index (χ0v) is 11.5. The smallest absolute Gasteiger partial charge is 0.0834 e. The van der Waals surface area contributed by atoms with Gasteiger partial charge in [-0.15, -0.1) is 0 Å². The van der Waals surface area contributed by atoms with Crippen molar-refractivity contribution in [2.45, 2.75) is 38.3 Å². The Balaban J connectivity index is 2.26. The van der Waals surface area contributed by atoms with Crippen molar-refractivity contribution < 1.29 is 0 Å². The van der Waals surface area contributed by atoms with Gasteiger partial charge in [0.2, 0.25) is 0 Å². The Morgan fingerprint density at radius 1 is 1.41 bits per heavy atom. The van der Waals surface area contributed by atoms with Crippen LogP contribution in [0.4, 0.5) is 0 Å². The molecular weight excluding hydrogens is 236 g/mol. The Bertz CT molecular complexity index is 374. The van der Waals surface area contributed by atoms with Crippen molar-refractivity contribution in [2.24, 2.45) is 12.8 Å². The van der Waals surface area contributed by atoms with Crippen LogP contribution in [0.25, 0.3) is 0 Å². The largest absolute Gasteiger partial charge is 0.321 e. The minimum Gasteiger partial charge on any atom is -0.321 e. The molecule has 1 unspecified atom stereocenters. The molecule has 0 spiro atoms. The van der Waals surface area contributed by atoms with Crippen LogP contribution in [0.5, 0.6) is 0 Å². The van der Waals surface area contributed by atoms with Gasteiger partial charge in [0, 0.05) is 12.6 Å². The van der Waals surface area contributed by atoms with Gasteiger partial charge in [0.15, 0.2) is 0 Å². The van der Waals surface area contributed by atoms with Gasteiger partial charge in [0.1, 0.15) is 0 Å². The third kappa shape index (κ3) is 2.21. The van der Waals surface area contributed by atoms with Crippen LogP contribution in [0.3, 0.4) is 0 Å². The molecule has 5 heteroatoms. The number of aryl methyl sites for hydroxylation is 1. The highest BCUT2D eigenvalue weighted by Crippen LogP contribution is 2.34. The Kier molecular flexibility index (Phi) is 3.48. The average Bonchev–Trinajstić information content (AvgIpc) is 2.88. The summed E-state index contributed by atoms with van der Waals surface area (Å²) in [6.45, 7) is 6.62.